The fraction of sp³-hybridized carbons (Fsp3) is 0.154. The van der Waals surface area contributed by atoms with Crippen LogP contribution in [-0.2, 0) is 6.54 Å². The van der Waals surface area contributed by atoms with Crippen LogP contribution in [0, 0.1) is 0 Å². The highest BCUT2D eigenvalue weighted by atomic mass is 35.5. The van der Waals surface area contributed by atoms with Gasteiger partial charge in [0.25, 0.3) is 5.91 Å². The van der Waals surface area contributed by atoms with Crippen LogP contribution < -0.4 is 5.73 Å². The average Bonchev–Trinajstić information content (AvgIpc) is 2.86. The van der Waals surface area contributed by atoms with Crippen LogP contribution in [0.1, 0.15) is 15.2 Å². The number of hydrogen-bond acceptors (Lipinski definition) is 3. The number of anilines is 1. The maximum atomic E-state index is 12.1. The Morgan fingerprint density at radius 1 is 1.44 bits per heavy atom. The second kappa shape index (κ2) is 5.42. The molecule has 0 saturated heterocycles. The number of rotatable bonds is 3. The maximum Gasteiger partial charge on any atom is 0.263 e. The zero-order valence-corrected chi connectivity index (χ0v) is 11.5. The van der Waals surface area contributed by atoms with Gasteiger partial charge in [0.15, 0.2) is 0 Å². The van der Waals surface area contributed by atoms with Crippen LogP contribution in [-0.4, -0.2) is 17.9 Å². The zero-order valence-electron chi connectivity index (χ0n) is 9.89. The molecule has 0 bridgehead atoms. The van der Waals surface area contributed by atoms with Gasteiger partial charge in [0.2, 0.25) is 0 Å². The second-order valence-electron chi connectivity index (χ2n) is 3.99. The normalized spacial score (nSPS) is 10.3. The first-order valence-electron chi connectivity index (χ1n) is 5.41. The molecule has 0 atom stereocenters. The summed E-state index contributed by atoms with van der Waals surface area (Å²) in [6.07, 6.45) is 0. The van der Waals surface area contributed by atoms with Crippen LogP contribution in [0.25, 0.3) is 0 Å². The van der Waals surface area contributed by atoms with Gasteiger partial charge >= 0.3 is 0 Å². The predicted octanol–water partition coefficient (Wildman–Crippen LogP) is 3.26. The van der Waals surface area contributed by atoms with Crippen molar-refractivity contribution < 1.29 is 4.79 Å². The number of nitrogen functional groups attached to an aromatic ring is 1. The Morgan fingerprint density at radius 3 is 2.89 bits per heavy atom. The Balaban J connectivity index is 2.14. The molecule has 2 rings (SSSR count). The molecule has 2 aromatic rings. The van der Waals surface area contributed by atoms with E-state index in [9.17, 15) is 4.79 Å². The SMILES string of the molecule is CN(Cc1cc(N)ccc1Cl)C(=O)c1cccs1. The Bertz CT molecular complexity index is 554. The van der Waals surface area contributed by atoms with Crippen molar-refractivity contribution >= 4 is 34.5 Å². The highest BCUT2D eigenvalue weighted by Crippen LogP contribution is 2.21. The Hall–Kier alpha value is -1.52. The van der Waals surface area contributed by atoms with Crippen molar-refractivity contribution in [1.82, 2.24) is 4.90 Å². The molecule has 1 aromatic heterocycles. The van der Waals surface area contributed by atoms with Crippen LogP contribution in [0.15, 0.2) is 35.7 Å². The number of halogens is 1. The molecule has 3 nitrogen and oxygen atoms in total. The van der Waals surface area contributed by atoms with E-state index in [1.807, 2.05) is 17.5 Å². The van der Waals surface area contributed by atoms with Crippen LogP contribution >= 0.6 is 22.9 Å². The molecule has 0 spiro atoms. The van der Waals surface area contributed by atoms with E-state index < -0.39 is 0 Å². The lowest BCUT2D eigenvalue weighted by atomic mass is 10.2. The minimum absolute atomic E-state index is 0.0107. The third kappa shape index (κ3) is 2.83. The van der Waals surface area contributed by atoms with Crippen LogP contribution in [0.3, 0.4) is 0 Å². The fourth-order valence-corrected chi connectivity index (χ4v) is 2.53. The summed E-state index contributed by atoms with van der Waals surface area (Å²) in [4.78, 5) is 14.4. The number of thiophene rings is 1. The standard InChI is InChI=1S/C13H13ClN2OS/c1-16(13(17)12-3-2-6-18-12)8-9-7-10(15)4-5-11(9)14/h2-7H,8,15H2,1H3. The summed E-state index contributed by atoms with van der Waals surface area (Å²) in [6, 6.07) is 8.95. The van der Waals surface area contributed by atoms with E-state index in [0.717, 1.165) is 10.4 Å². The summed E-state index contributed by atoms with van der Waals surface area (Å²) in [7, 11) is 1.75. The molecule has 0 aliphatic rings. The molecular weight excluding hydrogens is 268 g/mol. The van der Waals surface area contributed by atoms with Crippen molar-refractivity contribution in [2.45, 2.75) is 6.54 Å². The first kappa shape index (κ1) is 12.9. The zero-order chi connectivity index (χ0) is 13.1. The highest BCUT2D eigenvalue weighted by molar-refractivity contribution is 7.12. The van der Waals surface area contributed by atoms with Gasteiger partial charge in [-0.25, -0.2) is 0 Å². The van der Waals surface area contributed by atoms with Crippen molar-refractivity contribution in [2.24, 2.45) is 0 Å². The van der Waals surface area contributed by atoms with Crippen molar-refractivity contribution in [3.8, 4) is 0 Å². The molecule has 1 amide bonds. The summed E-state index contributed by atoms with van der Waals surface area (Å²) in [5, 5.41) is 2.50. The molecule has 94 valence electrons. The number of carbonyl (C=O) groups excluding carboxylic acids is 1. The number of benzene rings is 1. The third-order valence-electron chi connectivity index (χ3n) is 2.56. The van der Waals surface area contributed by atoms with E-state index in [1.165, 1.54) is 11.3 Å². The van der Waals surface area contributed by atoms with Crippen molar-refractivity contribution in [3.05, 3.63) is 51.2 Å². The van der Waals surface area contributed by atoms with Crippen LogP contribution in [0.2, 0.25) is 5.02 Å². The number of hydrogen-bond donors (Lipinski definition) is 1. The molecule has 0 aliphatic heterocycles. The molecule has 1 heterocycles. The van der Waals surface area contributed by atoms with Gasteiger partial charge in [-0.2, -0.15) is 0 Å². The predicted molar refractivity (Wildman–Crippen MR) is 76.0 cm³/mol. The third-order valence-corrected chi connectivity index (χ3v) is 3.78. The van der Waals surface area contributed by atoms with Gasteiger partial charge in [-0.1, -0.05) is 17.7 Å². The first-order chi connectivity index (χ1) is 8.58. The smallest absolute Gasteiger partial charge is 0.263 e. The summed E-state index contributed by atoms with van der Waals surface area (Å²) >= 11 is 7.51. The van der Waals surface area contributed by atoms with Gasteiger partial charge in [0, 0.05) is 24.3 Å². The van der Waals surface area contributed by atoms with E-state index in [0.29, 0.717) is 17.3 Å². The first-order valence-corrected chi connectivity index (χ1v) is 6.66. The molecule has 2 N–H and O–H groups in total. The second-order valence-corrected chi connectivity index (χ2v) is 5.34. The maximum absolute atomic E-state index is 12.1. The van der Waals surface area contributed by atoms with Gasteiger partial charge in [-0.15, -0.1) is 11.3 Å². The summed E-state index contributed by atoms with van der Waals surface area (Å²) in [5.41, 5.74) is 7.21. The quantitative estimate of drug-likeness (QED) is 0.877. The Kier molecular flexibility index (Phi) is 3.89. The number of amides is 1. The summed E-state index contributed by atoms with van der Waals surface area (Å²) < 4.78 is 0. The molecule has 0 aliphatic carbocycles. The molecule has 0 radical (unpaired) electrons. The highest BCUT2D eigenvalue weighted by Gasteiger charge is 2.14. The molecule has 0 unspecified atom stereocenters. The van der Waals surface area contributed by atoms with Crippen molar-refractivity contribution in [1.29, 1.82) is 0 Å². The molecule has 0 saturated carbocycles. The van der Waals surface area contributed by atoms with Crippen molar-refractivity contribution in [3.63, 3.8) is 0 Å². The molecule has 5 heteroatoms. The minimum atomic E-state index is -0.0107. The van der Waals surface area contributed by atoms with Gasteiger partial charge in [0.05, 0.1) is 4.88 Å². The number of nitrogens with zero attached hydrogens (tertiary/aromatic N) is 1. The fourth-order valence-electron chi connectivity index (χ4n) is 1.63. The minimum Gasteiger partial charge on any atom is -0.399 e. The molecule has 0 fully saturated rings. The summed E-state index contributed by atoms with van der Waals surface area (Å²) in [6.45, 7) is 0.445. The van der Waals surface area contributed by atoms with Gasteiger partial charge < -0.3 is 10.6 Å². The van der Waals surface area contributed by atoms with Crippen LogP contribution in [0.5, 0.6) is 0 Å². The average molecular weight is 281 g/mol. The Labute approximate surface area is 115 Å². The largest absolute Gasteiger partial charge is 0.399 e. The van der Waals surface area contributed by atoms with Crippen LogP contribution in [0.4, 0.5) is 5.69 Å². The molecule has 18 heavy (non-hydrogen) atoms. The Morgan fingerprint density at radius 2 is 2.22 bits per heavy atom. The number of carbonyl (C=O) groups is 1. The van der Waals surface area contributed by atoms with E-state index in [1.54, 1.807) is 30.1 Å². The lowest BCUT2D eigenvalue weighted by Crippen LogP contribution is -2.25. The van der Waals surface area contributed by atoms with E-state index in [2.05, 4.69) is 0 Å². The molecular formula is C13H13ClN2OS. The monoisotopic (exact) mass is 280 g/mol. The van der Waals surface area contributed by atoms with E-state index >= 15 is 0 Å². The van der Waals surface area contributed by atoms with Gasteiger partial charge in [-0.05, 0) is 35.2 Å². The molecule has 1 aromatic carbocycles. The van der Waals surface area contributed by atoms with Gasteiger partial charge in [0.1, 0.15) is 0 Å². The lowest BCUT2D eigenvalue weighted by molar-refractivity contribution is 0.0790. The lowest BCUT2D eigenvalue weighted by Gasteiger charge is -2.17. The van der Waals surface area contributed by atoms with Gasteiger partial charge in [-0.3, -0.25) is 4.79 Å². The topological polar surface area (TPSA) is 46.3 Å². The van der Waals surface area contributed by atoms with Crippen molar-refractivity contribution in [2.75, 3.05) is 12.8 Å². The summed E-state index contributed by atoms with van der Waals surface area (Å²) in [5.74, 6) is -0.0107. The van der Waals surface area contributed by atoms with E-state index in [4.69, 9.17) is 17.3 Å². The number of nitrogens with two attached hydrogens (primary N) is 1. The van der Waals surface area contributed by atoms with E-state index in [-0.39, 0.29) is 5.91 Å².